The molecule has 0 atom stereocenters. The molecule has 1 saturated heterocycles. The summed E-state index contributed by atoms with van der Waals surface area (Å²) in [7, 11) is -3.65. The van der Waals surface area contributed by atoms with Crippen LogP contribution in [0.15, 0.2) is 53.4 Å². The predicted molar refractivity (Wildman–Crippen MR) is 98.5 cm³/mol. The van der Waals surface area contributed by atoms with Gasteiger partial charge in [0.1, 0.15) is 5.82 Å². The molecule has 0 bridgehead atoms. The number of hydrogen-bond acceptors (Lipinski definition) is 4. The lowest BCUT2D eigenvalue weighted by Gasteiger charge is -2.26. The maximum atomic E-state index is 13.2. The van der Waals surface area contributed by atoms with Gasteiger partial charge in [-0.25, -0.2) is 12.8 Å². The van der Waals surface area contributed by atoms with E-state index in [1.54, 1.807) is 24.3 Å². The van der Waals surface area contributed by atoms with E-state index < -0.39 is 10.0 Å². The van der Waals surface area contributed by atoms with Crippen molar-refractivity contribution in [3.63, 3.8) is 0 Å². The molecule has 0 aromatic heterocycles. The zero-order valence-electron chi connectivity index (χ0n) is 14.7. The van der Waals surface area contributed by atoms with Crippen molar-refractivity contribution in [3.8, 4) is 0 Å². The number of benzene rings is 2. The molecule has 0 spiro atoms. The highest BCUT2D eigenvalue weighted by Crippen LogP contribution is 2.18. The molecule has 144 valence electrons. The lowest BCUT2D eigenvalue weighted by molar-refractivity contribution is 0.0730. The Morgan fingerprint density at radius 1 is 1.11 bits per heavy atom. The van der Waals surface area contributed by atoms with Crippen LogP contribution in [0.4, 0.5) is 4.39 Å². The molecule has 1 amide bonds. The van der Waals surface area contributed by atoms with E-state index >= 15 is 0 Å². The van der Waals surface area contributed by atoms with Gasteiger partial charge in [0.2, 0.25) is 10.0 Å². The summed E-state index contributed by atoms with van der Waals surface area (Å²) in [5.74, 6) is -0.690. The summed E-state index contributed by atoms with van der Waals surface area (Å²) < 4.78 is 45.1. The van der Waals surface area contributed by atoms with E-state index in [1.165, 1.54) is 28.6 Å². The van der Waals surface area contributed by atoms with E-state index in [4.69, 9.17) is 4.74 Å². The highest BCUT2D eigenvalue weighted by atomic mass is 32.2. The molecule has 27 heavy (non-hydrogen) atoms. The van der Waals surface area contributed by atoms with Crippen LogP contribution in [0.2, 0.25) is 0 Å². The van der Waals surface area contributed by atoms with Gasteiger partial charge in [-0.15, -0.1) is 0 Å². The molecule has 1 aliphatic heterocycles. The van der Waals surface area contributed by atoms with Crippen LogP contribution in [0.25, 0.3) is 0 Å². The average Bonchev–Trinajstić information content (AvgIpc) is 2.69. The second kappa shape index (κ2) is 8.60. The van der Waals surface area contributed by atoms with E-state index in [0.29, 0.717) is 39.3 Å². The Morgan fingerprint density at radius 2 is 1.85 bits per heavy atom. The molecule has 2 aromatic rings. The molecule has 3 rings (SSSR count). The molecule has 2 aromatic carbocycles. The summed E-state index contributed by atoms with van der Waals surface area (Å²) >= 11 is 0. The third kappa shape index (κ3) is 4.91. The number of nitrogens with zero attached hydrogens (tertiary/aromatic N) is 1. The molecule has 8 heteroatoms. The van der Waals surface area contributed by atoms with Gasteiger partial charge < -0.3 is 10.1 Å². The fourth-order valence-electron chi connectivity index (χ4n) is 2.85. The summed E-state index contributed by atoms with van der Waals surface area (Å²) in [6.07, 6.45) is 0.481. The third-order valence-corrected chi connectivity index (χ3v) is 6.19. The van der Waals surface area contributed by atoms with Crippen LogP contribution in [0.1, 0.15) is 15.9 Å². The zero-order valence-corrected chi connectivity index (χ0v) is 15.5. The normalized spacial score (nSPS) is 15.4. The van der Waals surface area contributed by atoms with Crippen molar-refractivity contribution in [3.05, 3.63) is 65.5 Å². The fourth-order valence-corrected chi connectivity index (χ4v) is 4.30. The van der Waals surface area contributed by atoms with Crippen molar-refractivity contribution >= 4 is 15.9 Å². The Bertz CT molecular complexity index is 911. The van der Waals surface area contributed by atoms with Gasteiger partial charge >= 0.3 is 0 Å². The minimum Gasteiger partial charge on any atom is -0.379 e. The van der Waals surface area contributed by atoms with Crippen molar-refractivity contribution in [2.75, 3.05) is 32.8 Å². The first-order chi connectivity index (χ1) is 13.0. The first-order valence-corrected chi connectivity index (χ1v) is 10.1. The Labute approximate surface area is 158 Å². The Balaban J connectivity index is 1.64. The number of rotatable bonds is 6. The standard InChI is InChI=1S/C19H21FN2O4S/c20-17-5-1-3-15(13-17)7-8-21-19(23)16-4-2-6-18(14-16)27(24,25)22-9-11-26-12-10-22/h1-6,13-14H,7-12H2,(H,21,23). The summed E-state index contributed by atoms with van der Waals surface area (Å²) in [4.78, 5) is 12.4. The molecular weight excluding hydrogens is 371 g/mol. The second-order valence-electron chi connectivity index (χ2n) is 6.18. The number of amides is 1. The number of morpholine rings is 1. The van der Waals surface area contributed by atoms with Gasteiger partial charge in [-0.3, -0.25) is 4.79 Å². The molecule has 1 aliphatic rings. The lowest BCUT2D eigenvalue weighted by atomic mass is 10.1. The summed E-state index contributed by atoms with van der Waals surface area (Å²) in [6, 6.07) is 12.2. The third-order valence-electron chi connectivity index (χ3n) is 4.29. The molecule has 0 unspecified atom stereocenters. The van der Waals surface area contributed by atoms with Crippen LogP contribution in [-0.4, -0.2) is 51.5 Å². The van der Waals surface area contributed by atoms with Gasteiger partial charge in [-0.1, -0.05) is 18.2 Å². The Hall–Kier alpha value is -2.29. The summed E-state index contributed by atoms with van der Waals surface area (Å²) in [6.45, 7) is 1.64. The summed E-state index contributed by atoms with van der Waals surface area (Å²) in [5, 5.41) is 2.74. The molecule has 6 nitrogen and oxygen atoms in total. The van der Waals surface area contributed by atoms with Gasteiger partial charge in [-0.2, -0.15) is 4.31 Å². The fraction of sp³-hybridized carbons (Fsp3) is 0.316. The van der Waals surface area contributed by atoms with E-state index in [0.717, 1.165) is 5.56 Å². The molecule has 0 radical (unpaired) electrons. The number of ether oxygens (including phenoxy) is 1. The number of sulfonamides is 1. The van der Waals surface area contributed by atoms with Crippen LogP contribution in [-0.2, 0) is 21.2 Å². The lowest BCUT2D eigenvalue weighted by Crippen LogP contribution is -2.40. The van der Waals surface area contributed by atoms with Crippen LogP contribution in [0.5, 0.6) is 0 Å². The molecule has 1 heterocycles. The van der Waals surface area contributed by atoms with Crippen molar-refractivity contribution in [2.24, 2.45) is 0 Å². The van der Waals surface area contributed by atoms with E-state index in [-0.39, 0.29) is 22.2 Å². The molecule has 1 fully saturated rings. The second-order valence-corrected chi connectivity index (χ2v) is 8.12. The number of carbonyl (C=O) groups is 1. The van der Waals surface area contributed by atoms with Crippen molar-refractivity contribution in [2.45, 2.75) is 11.3 Å². The summed E-state index contributed by atoms with van der Waals surface area (Å²) in [5.41, 5.74) is 1.04. The maximum absolute atomic E-state index is 13.2. The quantitative estimate of drug-likeness (QED) is 0.814. The minimum atomic E-state index is -3.65. The number of carbonyl (C=O) groups excluding carboxylic acids is 1. The van der Waals surface area contributed by atoms with Crippen LogP contribution < -0.4 is 5.32 Å². The van der Waals surface area contributed by atoms with Gasteiger partial charge in [-0.05, 0) is 42.3 Å². The van der Waals surface area contributed by atoms with Gasteiger partial charge in [0.25, 0.3) is 5.91 Å². The van der Waals surface area contributed by atoms with Crippen molar-refractivity contribution < 1.29 is 22.3 Å². The van der Waals surface area contributed by atoms with Gasteiger partial charge in [0.15, 0.2) is 0 Å². The highest BCUT2D eigenvalue weighted by molar-refractivity contribution is 7.89. The average molecular weight is 392 g/mol. The number of nitrogens with one attached hydrogen (secondary N) is 1. The first-order valence-electron chi connectivity index (χ1n) is 8.67. The van der Waals surface area contributed by atoms with Crippen molar-refractivity contribution in [1.82, 2.24) is 9.62 Å². The molecular formula is C19H21FN2O4S. The van der Waals surface area contributed by atoms with Crippen LogP contribution >= 0.6 is 0 Å². The Kier molecular flexibility index (Phi) is 6.20. The monoisotopic (exact) mass is 392 g/mol. The number of hydrogen-bond donors (Lipinski definition) is 1. The molecule has 1 N–H and O–H groups in total. The first kappa shape index (κ1) is 19.5. The van der Waals surface area contributed by atoms with E-state index in [9.17, 15) is 17.6 Å². The van der Waals surface area contributed by atoms with Gasteiger partial charge in [0.05, 0.1) is 18.1 Å². The molecule has 0 saturated carbocycles. The highest BCUT2D eigenvalue weighted by Gasteiger charge is 2.26. The van der Waals surface area contributed by atoms with Crippen LogP contribution in [0, 0.1) is 5.82 Å². The largest absolute Gasteiger partial charge is 0.379 e. The Morgan fingerprint density at radius 3 is 2.59 bits per heavy atom. The smallest absolute Gasteiger partial charge is 0.251 e. The zero-order chi connectivity index (χ0) is 19.3. The SMILES string of the molecule is O=C(NCCc1cccc(F)c1)c1cccc(S(=O)(=O)N2CCOCC2)c1. The predicted octanol–water partition coefficient (Wildman–Crippen LogP) is 1.82. The van der Waals surface area contributed by atoms with E-state index in [1.807, 2.05) is 0 Å². The van der Waals surface area contributed by atoms with Crippen molar-refractivity contribution in [1.29, 1.82) is 0 Å². The number of halogens is 1. The maximum Gasteiger partial charge on any atom is 0.251 e. The van der Waals surface area contributed by atoms with E-state index in [2.05, 4.69) is 5.32 Å². The molecule has 0 aliphatic carbocycles. The van der Waals surface area contributed by atoms with Crippen LogP contribution in [0.3, 0.4) is 0 Å². The van der Waals surface area contributed by atoms with Gasteiger partial charge in [0, 0.05) is 25.2 Å². The minimum absolute atomic E-state index is 0.0854. The topological polar surface area (TPSA) is 75.7 Å².